The van der Waals surface area contributed by atoms with Crippen LogP contribution in [0.25, 0.3) is 59.8 Å². The van der Waals surface area contributed by atoms with Crippen LogP contribution in [0.1, 0.15) is 16.7 Å². The van der Waals surface area contributed by atoms with E-state index in [9.17, 15) is 5.26 Å². The molecule has 0 bridgehead atoms. The monoisotopic (exact) mass is 954 g/mol. The van der Waals surface area contributed by atoms with Crippen molar-refractivity contribution in [2.75, 3.05) is 9.80 Å². The molecule has 0 unspecified atom stereocenters. The lowest BCUT2D eigenvalue weighted by atomic mass is 10.1. The molecule has 0 saturated heterocycles. The maximum Gasteiger partial charge on any atom is 0.187 e. The van der Waals surface area contributed by atoms with Crippen LogP contribution in [0.5, 0.6) is 0 Å². The molecule has 2 aromatic heterocycles. The van der Waals surface area contributed by atoms with Crippen molar-refractivity contribution in [3.8, 4) is 17.4 Å². The Balaban J connectivity index is 0.932. The highest BCUT2D eigenvalue weighted by Crippen LogP contribution is 2.42. The molecule has 0 aliphatic carbocycles. The highest BCUT2D eigenvalue weighted by atomic mass is 28.3. The fourth-order valence-corrected chi connectivity index (χ4v) is 14.7. The largest absolute Gasteiger partial charge is 0.311 e. The lowest BCUT2D eigenvalue weighted by molar-refractivity contribution is 1.18. The Hall–Kier alpha value is -9.40. The SMILES string of the molecule is [C-]#[N+]c1ccc(N(c2ccc([Si](C)(C)c3ccc(N(c4ccc(C#N)cc4)c4ccc5c(c4)c4ccccc4n5-c4ccccc4)cc3C)c(C)c2)c2ccc3c(c2)c2ccccc2n3-c2ccccc2)cc1. The number of para-hydroxylation sites is 4. The normalized spacial score (nSPS) is 11.5. The minimum atomic E-state index is -2.31. The molecule has 73 heavy (non-hydrogen) atoms. The molecule has 0 radical (unpaired) electrons. The zero-order valence-electron chi connectivity index (χ0n) is 41.1. The second-order valence-corrected chi connectivity index (χ2v) is 23.7. The van der Waals surface area contributed by atoms with Gasteiger partial charge in [-0.1, -0.05) is 121 Å². The third-order valence-electron chi connectivity index (χ3n) is 14.6. The Morgan fingerprint density at radius 3 is 1.21 bits per heavy atom. The fourth-order valence-electron chi connectivity index (χ4n) is 11.3. The van der Waals surface area contributed by atoms with E-state index in [1.165, 1.54) is 43.0 Å². The van der Waals surface area contributed by atoms with Crippen LogP contribution in [0.15, 0.2) is 231 Å². The number of rotatable bonds is 10. The van der Waals surface area contributed by atoms with Crippen LogP contribution in [0, 0.1) is 31.8 Å². The summed E-state index contributed by atoms with van der Waals surface area (Å²) in [5.74, 6) is 0. The van der Waals surface area contributed by atoms with E-state index in [0.717, 1.165) is 67.6 Å². The minimum absolute atomic E-state index is 0.610. The van der Waals surface area contributed by atoms with Crippen molar-refractivity contribution in [2.24, 2.45) is 0 Å². The topological polar surface area (TPSA) is 44.5 Å². The lowest BCUT2D eigenvalue weighted by Crippen LogP contribution is -2.54. The summed E-state index contributed by atoms with van der Waals surface area (Å²) < 4.78 is 4.69. The first-order valence-corrected chi connectivity index (χ1v) is 27.7. The molecule has 0 N–H and O–H groups in total. The van der Waals surface area contributed by atoms with Gasteiger partial charge in [0.15, 0.2) is 5.69 Å². The van der Waals surface area contributed by atoms with E-state index in [1.807, 2.05) is 36.4 Å². The van der Waals surface area contributed by atoms with Crippen molar-refractivity contribution < 1.29 is 0 Å². The van der Waals surface area contributed by atoms with Crippen molar-refractivity contribution in [2.45, 2.75) is 26.9 Å². The van der Waals surface area contributed by atoms with Gasteiger partial charge in [0.1, 0.15) is 8.07 Å². The van der Waals surface area contributed by atoms with Crippen LogP contribution in [0.3, 0.4) is 0 Å². The molecule has 0 spiro atoms. The van der Waals surface area contributed by atoms with Gasteiger partial charge in [-0.05, 0) is 158 Å². The minimum Gasteiger partial charge on any atom is -0.311 e. The van der Waals surface area contributed by atoms with Crippen LogP contribution < -0.4 is 20.2 Å². The molecule has 6 nitrogen and oxygen atoms in total. The van der Waals surface area contributed by atoms with Crippen molar-refractivity contribution in [3.05, 3.63) is 259 Å². The van der Waals surface area contributed by atoms with Gasteiger partial charge in [0, 0.05) is 67.0 Å². The number of aryl methyl sites for hydroxylation is 2. The summed E-state index contributed by atoms with van der Waals surface area (Å²) >= 11 is 0. The van der Waals surface area contributed by atoms with Gasteiger partial charge in [0.25, 0.3) is 0 Å². The predicted octanol–water partition coefficient (Wildman–Crippen LogP) is 16.7. The predicted molar refractivity (Wildman–Crippen MR) is 308 cm³/mol. The first kappa shape index (κ1) is 44.8. The average Bonchev–Trinajstić information content (AvgIpc) is 3.94. The smallest absolute Gasteiger partial charge is 0.187 e. The molecule has 2 heterocycles. The third kappa shape index (κ3) is 7.72. The molecule has 12 aromatic rings. The van der Waals surface area contributed by atoms with Gasteiger partial charge in [-0.2, -0.15) is 5.26 Å². The van der Waals surface area contributed by atoms with Crippen LogP contribution in [-0.2, 0) is 0 Å². The third-order valence-corrected chi connectivity index (χ3v) is 18.4. The zero-order chi connectivity index (χ0) is 49.8. The second kappa shape index (κ2) is 18.1. The van der Waals surface area contributed by atoms with Crippen molar-refractivity contribution in [1.82, 2.24) is 9.13 Å². The first-order valence-electron chi connectivity index (χ1n) is 24.7. The quantitative estimate of drug-likeness (QED) is 0.101. The molecule has 0 saturated carbocycles. The molecule has 0 atom stereocenters. The molecule has 0 aliphatic heterocycles. The number of hydrogen-bond donors (Lipinski definition) is 0. The molecule has 0 aliphatic rings. The van der Waals surface area contributed by atoms with E-state index in [1.54, 1.807) is 0 Å². The Morgan fingerprint density at radius 2 is 0.781 bits per heavy atom. The van der Waals surface area contributed by atoms with Crippen LogP contribution in [0.4, 0.5) is 39.8 Å². The molecular weight excluding hydrogens is 905 g/mol. The highest BCUT2D eigenvalue weighted by molar-refractivity contribution is 7.01. The Bertz CT molecular complexity index is 3890. The molecule has 10 aromatic carbocycles. The summed E-state index contributed by atoms with van der Waals surface area (Å²) in [6, 6.07) is 84.0. The Labute approximate surface area is 426 Å². The Morgan fingerprint density at radius 1 is 0.411 bits per heavy atom. The second-order valence-electron chi connectivity index (χ2n) is 19.4. The van der Waals surface area contributed by atoms with Gasteiger partial charge in [-0.3, -0.25) is 0 Å². The first-order chi connectivity index (χ1) is 35.7. The number of nitriles is 1. The summed E-state index contributed by atoms with van der Waals surface area (Å²) in [6.45, 7) is 17.1. The maximum absolute atomic E-state index is 9.76. The van der Waals surface area contributed by atoms with E-state index in [2.05, 4.69) is 251 Å². The summed E-state index contributed by atoms with van der Waals surface area (Å²) in [5, 5.41) is 17.3. The number of anilines is 6. The molecule has 0 fully saturated rings. The number of benzene rings is 10. The average molecular weight is 955 g/mol. The van der Waals surface area contributed by atoms with Gasteiger partial charge in [-0.25, -0.2) is 4.85 Å². The highest BCUT2D eigenvalue weighted by Gasteiger charge is 2.31. The van der Waals surface area contributed by atoms with Crippen LogP contribution in [0.2, 0.25) is 13.1 Å². The van der Waals surface area contributed by atoms with E-state index in [0.29, 0.717) is 11.3 Å². The maximum atomic E-state index is 9.76. The number of fused-ring (bicyclic) bond motifs is 6. The van der Waals surface area contributed by atoms with Crippen LogP contribution in [-0.4, -0.2) is 17.2 Å². The van der Waals surface area contributed by atoms with E-state index < -0.39 is 8.07 Å². The molecular formula is C66H50N6Si. The fraction of sp³-hybridized carbons (Fsp3) is 0.0606. The van der Waals surface area contributed by atoms with E-state index in [4.69, 9.17) is 6.57 Å². The van der Waals surface area contributed by atoms with E-state index >= 15 is 0 Å². The standard InChI is InChI=1S/C66H50N6Si/c1-45-40-53(69(51-28-24-47(44-67)25-29-51)55-32-36-63-59(42-55)57-20-12-14-22-61(57)71(63)49-16-8-6-9-17-49)34-38-65(45)73(4,5)66-39-35-54(41-46(66)2)70(52-30-26-48(68-3)27-31-52)56-33-37-64-60(43-56)58-21-13-15-23-62(58)72(64)50-18-10-7-11-19-50/h6-43H,1-2,4-5H3. The molecule has 0 amide bonds. The Kier molecular flexibility index (Phi) is 11.1. The number of nitrogens with zero attached hydrogens (tertiary/aromatic N) is 6. The van der Waals surface area contributed by atoms with Gasteiger partial charge in [-0.15, -0.1) is 0 Å². The number of hydrogen-bond acceptors (Lipinski definition) is 3. The summed E-state index contributed by atoms with van der Waals surface area (Å²) in [5.41, 5.74) is 16.7. The summed E-state index contributed by atoms with van der Waals surface area (Å²) in [4.78, 5) is 8.35. The zero-order valence-corrected chi connectivity index (χ0v) is 42.1. The van der Waals surface area contributed by atoms with Gasteiger partial charge < -0.3 is 18.9 Å². The van der Waals surface area contributed by atoms with E-state index in [-0.39, 0.29) is 0 Å². The number of aromatic nitrogens is 2. The molecule has 348 valence electrons. The van der Waals surface area contributed by atoms with Crippen molar-refractivity contribution in [3.63, 3.8) is 0 Å². The van der Waals surface area contributed by atoms with Crippen molar-refractivity contribution in [1.29, 1.82) is 5.26 Å². The van der Waals surface area contributed by atoms with Gasteiger partial charge >= 0.3 is 0 Å². The van der Waals surface area contributed by atoms with Crippen LogP contribution >= 0.6 is 0 Å². The molecule has 7 heteroatoms. The lowest BCUT2D eigenvalue weighted by Gasteiger charge is -2.31. The summed E-state index contributed by atoms with van der Waals surface area (Å²) in [7, 11) is -2.31. The molecule has 12 rings (SSSR count). The van der Waals surface area contributed by atoms with Crippen molar-refractivity contribution >= 4 is 102 Å². The van der Waals surface area contributed by atoms with Gasteiger partial charge in [0.05, 0.1) is 40.3 Å². The summed E-state index contributed by atoms with van der Waals surface area (Å²) in [6.07, 6.45) is 0. The van der Waals surface area contributed by atoms with Gasteiger partial charge in [0.2, 0.25) is 0 Å².